The van der Waals surface area contributed by atoms with Crippen molar-refractivity contribution in [2.75, 3.05) is 0 Å². The number of pyridine rings is 1. The van der Waals surface area contributed by atoms with Crippen LogP contribution < -0.4 is 0 Å². The molecule has 2 aromatic heterocycles. The van der Waals surface area contributed by atoms with Gasteiger partial charge in [-0.15, -0.1) is 0 Å². The molecule has 0 aliphatic heterocycles. The minimum Gasteiger partial charge on any atom is -0.506 e. The third kappa shape index (κ3) is 4.81. The number of hydrogen-bond acceptors (Lipinski definition) is 4. The Balaban J connectivity index is 0.00000324. The molecule has 0 unspecified atom stereocenters. The maximum atomic E-state index is 11.3. The maximum Gasteiger partial charge on any atom is 0.144 e. The molecule has 180 valence electrons. The minimum absolute atomic E-state index is 0. The number of aliphatic hydroxyl groups is 1. The van der Waals surface area contributed by atoms with Crippen molar-refractivity contribution >= 4 is 16.7 Å². The normalized spacial score (nSPS) is 11.9. The number of aromatic nitrogens is 3. The van der Waals surface area contributed by atoms with Crippen molar-refractivity contribution in [3.05, 3.63) is 78.1 Å². The van der Waals surface area contributed by atoms with Gasteiger partial charge in [-0.1, -0.05) is 78.5 Å². The Morgan fingerprint density at radius 2 is 1.62 bits per heavy atom. The number of aromatic hydroxyl groups is 1. The third-order valence-electron chi connectivity index (χ3n) is 5.87. The predicted molar refractivity (Wildman–Crippen MR) is 135 cm³/mol. The Kier molecular flexibility index (Phi) is 6.83. The van der Waals surface area contributed by atoms with Gasteiger partial charge in [0.15, 0.2) is 0 Å². The van der Waals surface area contributed by atoms with Gasteiger partial charge in [-0.3, -0.25) is 0 Å². The maximum absolute atomic E-state index is 11.3. The van der Waals surface area contributed by atoms with Crippen LogP contribution in [0.25, 0.3) is 33.6 Å². The van der Waals surface area contributed by atoms with Crippen LogP contribution in [0.5, 0.6) is 5.75 Å². The summed E-state index contributed by atoms with van der Waals surface area (Å²) in [6.07, 6.45) is 1.93. The molecule has 0 aliphatic carbocycles. The molecule has 0 bridgehead atoms. The number of hydrogen-bond donors (Lipinski definition) is 2. The fourth-order valence-corrected chi connectivity index (χ4v) is 3.92. The predicted octanol–water partition coefficient (Wildman–Crippen LogP) is 6.91. The topological polar surface area (TPSA) is 71.2 Å². The summed E-state index contributed by atoms with van der Waals surface area (Å²) < 4.78 is 1.75. The van der Waals surface area contributed by atoms with Gasteiger partial charge < -0.3 is 10.2 Å². The molecular weight excluding hydrogens is 605 g/mol. The Labute approximate surface area is 215 Å². The Hall–Kier alpha value is -2.91. The number of phenolic OH excluding ortho intramolecular Hbond substituents is 1. The first kappa shape index (κ1) is 25.7. The molecule has 6 heteroatoms. The van der Waals surface area contributed by atoms with Crippen molar-refractivity contribution in [3.8, 4) is 22.7 Å². The smallest absolute Gasteiger partial charge is 0.144 e. The van der Waals surface area contributed by atoms with E-state index in [0.717, 1.165) is 27.6 Å². The molecule has 34 heavy (non-hydrogen) atoms. The summed E-state index contributed by atoms with van der Waals surface area (Å²) in [6, 6.07) is 15.5. The molecule has 0 fully saturated rings. The average Bonchev–Trinajstić information content (AvgIpc) is 3.16. The summed E-state index contributed by atoms with van der Waals surface area (Å²) in [7, 11) is 0. The second-order valence-electron chi connectivity index (χ2n) is 10.6. The van der Waals surface area contributed by atoms with Gasteiger partial charge in [0.25, 0.3) is 0 Å². The summed E-state index contributed by atoms with van der Waals surface area (Å²) >= 11 is 0. The van der Waals surface area contributed by atoms with Gasteiger partial charge in [-0.2, -0.15) is 5.10 Å². The summed E-state index contributed by atoms with van der Waals surface area (Å²) in [4.78, 5) is 4.54. The molecule has 0 atom stereocenters. The summed E-state index contributed by atoms with van der Waals surface area (Å²) in [6.45, 7) is 16.4. The number of rotatable bonds is 3. The zero-order chi connectivity index (χ0) is 24.1. The summed E-state index contributed by atoms with van der Waals surface area (Å²) in [5.74, 6) is 0.162. The molecule has 2 heterocycles. The molecule has 0 amide bonds. The summed E-state index contributed by atoms with van der Waals surface area (Å²) in [5, 5.41) is 26.8. The van der Waals surface area contributed by atoms with Crippen LogP contribution in [0, 0.1) is 0 Å². The molecule has 0 radical (unpaired) electrons. The number of benzene rings is 2. The second-order valence-corrected chi connectivity index (χ2v) is 10.6. The molecule has 0 saturated carbocycles. The fourth-order valence-electron chi connectivity index (χ4n) is 3.92. The van der Waals surface area contributed by atoms with Crippen LogP contribution >= 0.6 is 0 Å². The van der Waals surface area contributed by atoms with E-state index in [1.54, 1.807) is 10.7 Å². The molecule has 0 aliphatic rings. The standard InChI is InChI=1S/C28H31N3O2.Pt/c1-17(32)22-12-9-13-23(29-22)20-11-8-10-18-16-31(30-25(18)20)24-15-19(27(2,3)4)14-21(26(24)33)28(5,6)7;/h8-16,32-33H,1H2,2-7H3;. The monoisotopic (exact) mass is 636 g/mol. The zero-order valence-electron chi connectivity index (χ0n) is 20.5. The van der Waals surface area contributed by atoms with E-state index in [4.69, 9.17) is 5.10 Å². The third-order valence-corrected chi connectivity index (χ3v) is 5.87. The van der Waals surface area contributed by atoms with Crippen LogP contribution in [0.4, 0.5) is 0 Å². The van der Waals surface area contributed by atoms with Gasteiger partial charge in [0.05, 0.1) is 5.69 Å². The van der Waals surface area contributed by atoms with E-state index in [0.29, 0.717) is 17.1 Å². The summed E-state index contributed by atoms with van der Waals surface area (Å²) in [5.41, 5.74) is 5.10. The van der Waals surface area contributed by atoms with Crippen LogP contribution in [-0.2, 0) is 31.9 Å². The SMILES string of the molecule is C=C(O)c1cccc(-c2cccc3cn(-c4cc(C(C)(C)C)cc(C(C)(C)C)c4O)nc23)n1.[Pt]. The number of phenols is 1. The second kappa shape index (κ2) is 9.03. The van der Waals surface area contributed by atoms with Crippen molar-refractivity contribution < 1.29 is 31.3 Å². The largest absolute Gasteiger partial charge is 0.506 e. The van der Waals surface area contributed by atoms with E-state index >= 15 is 0 Å². The first-order valence-electron chi connectivity index (χ1n) is 11.1. The quantitative estimate of drug-likeness (QED) is 0.240. The first-order chi connectivity index (χ1) is 15.4. The number of nitrogens with zero attached hydrogens (tertiary/aromatic N) is 3. The van der Waals surface area contributed by atoms with E-state index < -0.39 is 0 Å². The number of aliphatic hydroxyl groups excluding tert-OH is 1. The van der Waals surface area contributed by atoms with Crippen LogP contribution in [0.15, 0.2) is 61.3 Å². The van der Waals surface area contributed by atoms with Gasteiger partial charge >= 0.3 is 0 Å². The average molecular weight is 637 g/mol. The Bertz CT molecular complexity index is 1370. The Morgan fingerprint density at radius 3 is 2.24 bits per heavy atom. The number of fused-ring (bicyclic) bond motifs is 1. The van der Waals surface area contributed by atoms with Gasteiger partial charge in [0.1, 0.15) is 28.4 Å². The van der Waals surface area contributed by atoms with Crippen molar-refractivity contribution in [2.45, 2.75) is 52.4 Å². The van der Waals surface area contributed by atoms with Crippen LogP contribution in [-0.4, -0.2) is 25.0 Å². The molecule has 5 nitrogen and oxygen atoms in total. The minimum atomic E-state index is -0.227. The van der Waals surface area contributed by atoms with E-state index in [-0.39, 0.29) is 43.4 Å². The van der Waals surface area contributed by atoms with Gasteiger partial charge in [-0.05, 0) is 34.6 Å². The van der Waals surface area contributed by atoms with E-state index in [1.165, 1.54) is 0 Å². The Morgan fingerprint density at radius 1 is 0.941 bits per heavy atom. The van der Waals surface area contributed by atoms with Crippen LogP contribution in [0.3, 0.4) is 0 Å². The van der Waals surface area contributed by atoms with Crippen molar-refractivity contribution in [1.29, 1.82) is 0 Å². The molecular formula is C28H31N3O2Pt. The van der Waals surface area contributed by atoms with Gasteiger partial charge in [-0.25, -0.2) is 9.67 Å². The van der Waals surface area contributed by atoms with Gasteiger partial charge in [0.2, 0.25) is 0 Å². The molecule has 2 aromatic carbocycles. The van der Waals surface area contributed by atoms with Gasteiger partial charge in [0, 0.05) is 43.8 Å². The van der Waals surface area contributed by atoms with Crippen molar-refractivity contribution in [2.24, 2.45) is 0 Å². The van der Waals surface area contributed by atoms with E-state index in [1.807, 2.05) is 42.6 Å². The zero-order valence-corrected chi connectivity index (χ0v) is 22.7. The first-order valence-corrected chi connectivity index (χ1v) is 11.1. The van der Waals surface area contributed by atoms with Crippen molar-refractivity contribution in [1.82, 2.24) is 14.8 Å². The molecule has 2 N–H and O–H groups in total. The molecule has 4 rings (SSSR count). The van der Waals surface area contributed by atoms with Crippen LogP contribution in [0.2, 0.25) is 0 Å². The van der Waals surface area contributed by atoms with E-state index in [9.17, 15) is 10.2 Å². The molecule has 4 aromatic rings. The molecule has 0 spiro atoms. The molecule has 0 saturated heterocycles. The fraction of sp³-hybridized carbons (Fsp3) is 0.286. The van der Waals surface area contributed by atoms with E-state index in [2.05, 4.69) is 59.2 Å². The van der Waals surface area contributed by atoms with Crippen LogP contribution in [0.1, 0.15) is 58.4 Å². The van der Waals surface area contributed by atoms with Crippen molar-refractivity contribution in [3.63, 3.8) is 0 Å².